The Balaban J connectivity index is 2.84. The van der Waals surface area contributed by atoms with Crippen molar-refractivity contribution in [3.05, 3.63) is 30.3 Å². The lowest BCUT2D eigenvalue weighted by molar-refractivity contribution is 0.585. The maximum Gasteiger partial charge on any atom is 0.195 e. The summed E-state index contributed by atoms with van der Waals surface area (Å²) in [5.41, 5.74) is 0. The Morgan fingerprint density at radius 1 is 1.27 bits per heavy atom. The van der Waals surface area contributed by atoms with Gasteiger partial charge in [-0.25, -0.2) is 8.42 Å². The highest BCUT2D eigenvalue weighted by atomic mass is 35.5. The molecule has 0 N–H and O–H groups in total. The van der Waals surface area contributed by atoms with Crippen molar-refractivity contribution in [3.8, 4) is 0 Å². The van der Waals surface area contributed by atoms with Gasteiger partial charge < -0.3 is 0 Å². The lowest BCUT2D eigenvalue weighted by Gasteiger charge is -2.10. The second kappa shape index (κ2) is 5.52. The van der Waals surface area contributed by atoms with Crippen LogP contribution in [0, 0.1) is 0 Å². The molecule has 0 bridgehead atoms. The Morgan fingerprint density at radius 3 is 2.40 bits per heavy atom. The molecule has 0 radical (unpaired) electrons. The summed E-state index contributed by atoms with van der Waals surface area (Å²) in [7, 11) is -3.35. The molecule has 1 rings (SSSR count). The van der Waals surface area contributed by atoms with Crippen molar-refractivity contribution in [1.29, 1.82) is 0 Å². The van der Waals surface area contributed by atoms with Crippen LogP contribution in [0.25, 0.3) is 0 Å². The number of unbranched alkanes of at least 4 members (excludes halogenated alkanes) is 1. The minimum absolute atomic E-state index is 0.307. The molecule has 2 nitrogen and oxygen atoms in total. The molecule has 0 saturated heterocycles. The predicted molar refractivity (Wildman–Crippen MR) is 62.8 cm³/mol. The molecule has 0 spiro atoms. The average molecular weight is 247 g/mol. The molecule has 84 valence electrons. The number of benzene rings is 1. The molecule has 0 aromatic heterocycles. The summed E-state index contributed by atoms with van der Waals surface area (Å²) in [5, 5.41) is 0. The number of hydrogen-bond acceptors (Lipinski definition) is 2. The van der Waals surface area contributed by atoms with E-state index in [0.717, 1.165) is 12.8 Å². The molecule has 0 heterocycles. The highest BCUT2D eigenvalue weighted by Gasteiger charge is 2.24. The second-order valence-electron chi connectivity index (χ2n) is 3.41. The fourth-order valence-electron chi connectivity index (χ4n) is 1.28. The normalized spacial score (nSPS) is 13.7. The van der Waals surface area contributed by atoms with Crippen molar-refractivity contribution in [2.75, 3.05) is 0 Å². The van der Waals surface area contributed by atoms with Crippen molar-refractivity contribution in [3.63, 3.8) is 0 Å². The molecular formula is C11H15ClO2S. The van der Waals surface area contributed by atoms with Crippen LogP contribution in [0.15, 0.2) is 35.2 Å². The van der Waals surface area contributed by atoms with Crippen LogP contribution in [0.1, 0.15) is 26.2 Å². The summed E-state index contributed by atoms with van der Waals surface area (Å²) in [6, 6.07) is 8.36. The van der Waals surface area contributed by atoms with Gasteiger partial charge in [-0.1, -0.05) is 38.0 Å². The van der Waals surface area contributed by atoms with E-state index in [0.29, 0.717) is 11.3 Å². The first-order valence-corrected chi connectivity index (χ1v) is 7.00. The van der Waals surface area contributed by atoms with Crippen LogP contribution in [0.4, 0.5) is 0 Å². The van der Waals surface area contributed by atoms with Gasteiger partial charge in [-0.2, -0.15) is 0 Å². The third-order valence-corrected chi connectivity index (χ3v) is 4.95. The minimum atomic E-state index is -3.35. The van der Waals surface area contributed by atoms with Crippen molar-refractivity contribution in [2.45, 2.75) is 35.8 Å². The Hall–Kier alpha value is -0.540. The lowest BCUT2D eigenvalue weighted by atomic mass is 10.3. The van der Waals surface area contributed by atoms with Gasteiger partial charge in [0.1, 0.15) is 4.71 Å². The van der Waals surface area contributed by atoms with Gasteiger partial charge in [0.05, 0.1) is 4.90 Å². The molecule has 1 unspecified atom stereocenters. The number of halogens is 1. The van der Waals surface area contributed by atoms with E-state index < -0.39 is 14.5 Å². The summed E-state index contributed by atoms with van der Waals surface area (Å²) < 4.78 is 23.0. The number of alkyl halides is 1. The molecule has 0 amide bonds. The van der Waals surface area contributed by atoms with E-state index in [4.69, 9.17) is 11.6 Å². The molecular weight excluding hydrogens is 232 g/mol. The SMILES string of the molecule is CCCCC(Cl)S(=O)(=O)c1ccccc1. The average Bonchev–Trinajstić information content (AvgIpc) is 2.27. The fraction of sp³-hybridized carbons (Fsp3) is 0.455. The van der Waals surface area contributed by atoms with E-state index >= 15 is 0 Å². The van der Waals surface area contributed by atoms with Gasteiger partial charge in [0.15, 0.2) is 9.84 Å². The first-order valence-electron chi connectivity index (χ1n) is 5.02. The first kappa shape index (κ1) is 12.5. The summed E-state index contributed by atoms with van der Waals surface area (Å²) in [5.74, 6) is 0. The van der Waals surface area contributed by atoms with Crippen molar-refractivity contribution >= 4 is 21.4 Å². The zero-order valence-corrected chi connectivity index (χ0v) is 10.3. The van der Waals surface area contributed by atoms with Crippen LogP contribution in [-0.4, -0.2) is 13.1 Å². The van der Waals surface area contributed by atoms with E-state index in [1.165, 1.54) is 0 Å². The van der Waals surface area contributed by atoms with Gasteiger partial charge in [0.2, 0.25) is 0 Å². The van der Waals surface area contributed by atoms with E-state index in [9.17, 15) is 8.42 Å². The van der Waals surface area contributed by atoms with Crippen LogP contribution < -0.4 is 0 Å². The first-order chi connectivity index (χ1) is 7.09. The van der Waals surface area contributed by atoms with E-state index in [2.05, 4.69) is 0 Å². The predicted octanol–water partition coefficient (Wildman–Crippen LogP) is 3.22. The van der Waals surface area contributed by atoms with Crippen LogP contribution in [0.5, 0.6) is 0 Å². The fourth-order valence-corrected chi connectivity index (χ4v) is 3.05. The summed E-state index contributed by atoms with van der Waals surface area (Å²) in [6.45, 7) is 2.01. The van der Waals surface area contributed by atoms with Gasteiger partial charge in [0.25, 0.3) is 0 Å². The maximum atomic E-state index is 11.9. The zero-order valence-electron chi connectivity index (χ0n) is 8.69. The van der Waals surface area contributed by atoms with Gasteiger partial charge in [-0.15, -0.1) is 11.6 Å². The molecule has 0 aliphatic carbocycles. The molecule has 1 atom stereocenters. The quantitative estimate of drug-likeness (QED) is 0.748. The highest BCUT2D eigenvalue weighted by molar-refractivity contribution is 7.93. The molecule has 4 heteroatoms. The van der Waals surface area contributed by atoms with E-state index in [1.807, 2.05) is 6.92 Å². The van der Waals surface area contributed by atoms with Gasteiger partial charge in [-0.3, -0.25) is 0 Å². The minimum Gasteiger partial charge on any atom is -0.222 e. The molecule has 1 aromatic rings. The molecule has 15 heavy (non-hydrogen) atoms. The third-order valence-electron chi connectivity index (χ3n) is 2.19. The Kier molecular flexibility index (Phi) is 4.61. The van der Waals surface area contributed by atoms with Crippen LogP contribution in [-0.2, 0) is 9.84 Å². The highest BCUT2D eigenvalue weighted by Crippen LogP contribution is 2.22. The third kappa shape index (κ3) is 3.21. The van der Waals surface area contributed by atoms with Gasteiger partial charge >= 0.3 is 0 Å². The largest absolute Gasteiger partial charge is 0.222 e. The summed E-state index contributed by atoms with van der Waals surface area (Å²) in [4.78, 5) is 0.307. The maximum absolute atomic E-state index is 11.9. The smallest absolute Gasteiger partial charge is 0.195 e. The summed E-state index contributed by atoms with van der Waals surface area (Å²) in [6.07, 6.45) is 2.29. The lowest BCUT2D eigenvalue weighted by Crippen LogP contribution is -2.15. The summed E-state index contributed by atoms with van der Waals surface area (Å²) >= 11 is 5.90. The Morgan fingerprint density at radius 2 is 1.87 bits per heavy atom. The van der Waals surface area contributed by atoms with Crippen molar-refractivity contribution < 1.29 is 8.42 Å². The van der Waals surface area contributed by atoms with Gasteiger partial charge in [0, 0.05) is 0 Å². The number of hydrogen-bond donors (Lipinski definition) is 0. The molecule has 0 aliphatic rings. The van der Waals surface area contributed by atoms with Crippen LogP contribution >= 0.6 is 11.6 Å². The van der Waals surface area contributed by atoms with E-state index in [1.54, 1.807) is 30.3 Å². The van der Waals surface area contributed by atoms with Crippen molar-refractivity contribution in [2.24, 2.45) is 0 Å². The zero-order chi connectivity index (χ0) is 11.3. The van der Waals surface area contributed by atoms with Crippen LogP contribution in [0.3, 0.4) is 0 Å². The topological polar surface area (TPSA) is 34.1 Å². The molecule has 1 aromatic carbocycles. The molecule has 0 saturated carbocycles. The number of sulfone groups is 1. The Labute approximate surface area is 96.2 Å². The van der Waals surface area contributed by atoms with Crippen molar-refractivity contribution in [1.82, 2.24) is 0 Å². The standard InChI is InChI=1S/C11H15ClO2S/c1-2-3-9-11(12)15(13,14)10-7-5-4-6-8-10/h4-8,11H,2-3,9H2,1H3. The van der Waals surface area contributed by atoms with Gasteiger partial charge in [-0.05, 0) is 18.6 Å². The second-order valence-corrected chi connectivity index (χ2v) is 6.33. The van der Waals surface area contributed by atoms with Crippen LogP contribution in [0.2, 0.25) is 0 Å². The van der Waals surface area contributed by atoms with E-state index in [-0.39, 0.29) is 0 Å². The monoisotopic (exact) mass is 246 g/mol. The number of rotatable bonds is 5. The Bertz CT molecular complexity index is 386. The molecule has 0 fully saturated rings. The molecule has 0 aliphatic heterocycles.